The second kappa shape index (κ2) is 5.87. The normalized spacial score (nSPS) is 9.83. The van der Waals surface area contributed by atoms with E-state index >= 15 is 0 Å². The summed E-state index contributed by atoms with van der Waals surface area (Å²) in [5, 5.41) is 5.31. The van der Waals surface area contributed by atoms with Gasteiger partial charge in [0.25, 0.3) is 0 Å². The summed E-state index contributed by atoms with van der Waals surface area (Å²) in [4.78, 5) is 11.1. The Balaban J connectivity index is 2.13. The number of hydrogen-bond acceptors (Lipinski definition) is 1. The first-order valence-electron chi connectivity index (χ1n) is 5.89. The molecule has 0 unspecified atom stereocenters. The first kappa shape index (κ1) is 12.2. The second-order valence-electron chi connectivity index (χ2n) is 4.00. The van der Waals surface area contributed by atoms with Crippen molar-refractivity contribution in [3.05, 3.63) is 60.2 Å². The zero-order valence-corrected chi connectivity index (χ0v) is 10.3. The fourth-order valence-electron chi connectivity index (χ4n) is 1.76. The van der Waals surface area contributed by atoms with Crippen LogP contribution in [0.1, 0.15) is 5.56 Å². The molecule has 0 aliphatic rings. The quantitative estimate of drug-likeness (QED) is 0.851. The van der Waals surface area contributed by atoms with E-state index in [0.717, 1.165) is 11.1 Å². The van der Waals surface area contributed by atoms with Crippen molar-refractivity contribution >= 4 is 6.03 Å². The minimum absolute atomic E-state index is 0.167. The summed E-state index contributed by atoms with van der Waals surface area (Å²) >= 11 is 0. The van der Waals surface area contributed by atoms with Gasteiger partial charge in [-0.25, -0.2) is 4.79 Å². The molecular weight excluding hydrogens is 224 g/mol. The van der Waals surface area contributed by atoms with E-state index in [1.165, 1.54) is 5.56 Å². The molecule has 2 aromatic carbocycles. The van der Waals surface area contributed by atoms with Gasteiger partial charge in [-0.15, -0.1) is 0 Å². The summed E-state index contributed by atoms with van der Waals surface area (Å²) in [5.74, 6) is 0. The van der Waals surface area contributed by atoms with Crippen molar-refractivity contribution < 1.29 is 4.79 Å². The lowest BCUT2D eigenvalue weighted by molar-refractivity contribution is 0.242. The van der Waals surface area contributed by atoms with Gasteiger partial charge in [0.05, 0.1) is 0 Å². The standard InChI is InChI=1S/C15H16N2O/c1-16-15(18)17-11-12-6-5-9-14(10-12)13-7-3-2-4-8-13/h2-10H,11H2,1H3,(H2,16,17,18). The van der Waals surface area contributed by atoms with Crippen LogP contribution in [-0.4, -0.2) is 13.1 Å². The number of carbonyl (C=O) groups is 1. The lowest BCUT2D eigenvalue weighted by Crippen LogP contribution is -2.32. The van der Waals surface area contributed by atoms with E-state index in [0.29, 0.717) is 6.54 Å². The Labute approximate surface area is 107 Å². The Morgan fingerprint density at radius 3 is 2.44 bits per heavy atom. The number of amides is 2. The van der Waals surface area contributed by atoms with Gasteiger partial charge in [-0.05, 0) is 22.8 Å². The Hall–Kier alpha value is -2.29. The highest BCUT2D eigenvalue weighted by atomic mass is 16.2. The lowest BCUT2D eigenvalue weighted by Gasteiger charge is -2.07. The predicted octanol–water partition coefficient (Wildman–Crippen LogP) is 2.78. The fourth-order valence-corrected chi connectivity index (χ4v) is 1.76. The monoisotopic (exact) mass is 240 g/mol. The van der Waals surface area contributed by atoms with E-state index in [9.17, 15) is 4.79 Å². The van der Waals surface area contributed by atoms with Gasteiger partial charge in [-0.3, -0.25) is 0 Å². The summed E-state index contributed by atoms with van der Waals surface area (Å²) in [6.45, 7) is 0.528. The van der Waals surface area contributed by atoms with Crippen LogP contribution in [0, 0.1) is 0 Å². The van der Waals surface area contributed by atoms with Crippen LogP contribution in [0.15, 0.2) is 54.6 Å². The topological polar surface area (TPSA) is 41.1 Å². The summed E-state index contributed by atoms with van der Waals surface area (Å²) in [7, 11) is 1.61. The summed E-state index contributed by atoms with van der Waals surface area (Å²) in [6.07, 6.45) is 0. The number of hydrogen-bond donors (Lipinski definition) is 2. The maximum absolute atomic E-state index is 11.1. The molecule has 3 heteroatoms. The average Bonchev–Trinajstić information content (AvgIpc) is 2.46. The molecular formula is C15H16N2O. The molecule has 0 aromatic heterocycles. The van der Waals surface area contributed by atoms with Crippen molar-refractivity contribution in [3.8, 4) is 11.1 Å². The van der Waals surface area contributed by atoms with Gasteiger partial charge in [0, 0.05) is 13.6 Å². The third-order valence-electron chi connectivity index (χ3n) is 2.71. The Bertz CT molecular complexity index is 523. The lowest BCUT2D eigenvalue weighted by atomic mass is 10.0. The second-order valence-corrected chi connectivity index (χ2v) is 4.00. The molecule has 0 radical (unpaired) electrons. The van der Waals surface area contributed by atoms with Gasteiger partial charge < -0.3 is 10.6 Å². The number of carbonyl (C=O) groups excluding carboxylic acids is 1. The molecule has 0 aliphatic carbocycles. The van der Waals surface area contributed by atoms with Gasteiger partial charge in [0.2, 0.25) is 0 Å². The van der Waals surface area contributed by atoms with Crippen molar-refractivity contribution in [2.24, 2.45) is 0 Å². The minimum atomic E-state index is -0.167. The van der Waals surface area contributed by atoms with E-state index < -0.39 is 0 Å². The molecule has 18 heavy (non-hydrogen) atoms. The summed E-state index contributed by atoms with van der Waals surface area (Å²) in [5.41, 5.74) is 3.42. The minimum Gasteiger partial charge on any atom is -0.341 e. The van der Waals surface area contributed by atoms with Crippen molar-refractivity contribution in [3.63, 3.8) is 0 Å². The van der Waals surface area contributed by atoms with E-state index in [4.69, 9.17) is 0 Å². The molecule has 0 spiro atoms. The van der Waals surface area contributed by atoms with Crippen molar-refractivity contribution in [1.29, 1.82) is 0 Å². The summed E-state index contributed by atoms with van der Waals surface area (Å²) in [6, 6.07) is 18.2. The van der Waals surface area contributed by atoms with Gasteiger partial charge >= 0.3 is 6.03 Å². The smallest absolute Gasteiger partial charge is 0.314 e. The summed E-state index contributed by atoms with van der Waals surface area (Å²) < 4.78 is 0. The highest BCUT2D eigenvalue weighted by Crippen LogP contribution is 2.19. The Morgan fingerprint density at radius 2 is 1.72 bits per heavy atom. The van der Waals surface area contributed by atoms with Gasteiger partial charge in [-0.2, -0.15) is 0 Å². The molecule has 2 aromatic rings. The van der Waals surface area contributed by atoms with E-state index in [1.54, 1.807) is 7.05 Å². The largest absolute Gasteiger partial charge is 0.341 e. The maximum Gasteiger partial charge on any atom is 0.314 e. The Morgan fingerprint density at radius 1 is 1.00 bits per heavy atom. The molecule has 0 aliphatic heterocycles. The van der Waals surface area contributed by atoms with Crippen molar-refractivity contribution in [2.75, 3.05) is 7.05 Å². The highest BCUT2D eigenvalue weighted by molar-refractivity contribution is 5.73. The molecule has 92 valence electrons. The molecule has 0 atom stereocenters. The van der Waals surface area contributed by atoms with Crippen molar-refractivity contribution in [1.82, 2.24) is 10.6 Å². The number of nitrogens with one attached hydrogen (secondary N) is 2. The van der Waals surface area contributed by atoms with Crippen LogP contribution in [0.25, 0.3) is 11.1 Å². The molecule has 0 saturated carbocycles. The van der Waals surface area contributed by atoms with Crippen LogP contribution in [0.2, 0.25) is 0 Å². The first-order valence-corrected chi connectivity index (χ1v) is 5.89. The van der Waals surface area contributed by atoms with E-state index in [1.807, 2.05) is 30.3 Å². The molecule has 0 heterocycles. The zero-order chi connectivity index (χ0) is 12.8. The first-order chi connectivity index (χ1) is 8.79. The molecule has 0 bridgehead atoms. The van der Waals surface area contributed by atoms with Crippen LogP contribution < -0.4 is 10.6 Å². The average molecular weight is 240 g/mol. The van der Waals surface area contributed by atoms with E-state index in [-0.39, 0.29) is 6.03 Å². The van der Waals surface area contributed by atoms with Crippen molar-refractivity contribution in [2.45, 2.75) is 6.54 Å². The highest BCUT2D eigenvalue weighted by Gasteiger charge is 2.00. The van der Waals surface area contributed by atoms with Crippen LogP contribution in [0.3, 0.4) is 0 Å². The number of benzene rings is 2. The van der Waals surface area contributed by atoms with Crippen LogP contribution in [0.4, 0.5) is 4.79 Å². The molecule has 2 amide bonds. The molecule has 0 fully saturated rings. The van der Waals surface area contributed by atoms with Gasteiger partial charge in [0.15, 0.2) is 0 Å². The van der Waals surface area contributed by atoms with Crippen LogP contribution in [-0.2, 0) is 6.54 Å². The maximum atomic E-state index is 11.1. The van der Waals surface area contributed by atoms with Gasteiger partial charge in [0.1, 0.15) is 0 Å². The number of rotatable bonds is 3. The molecule has 3 nitrogen and oxygen atoms in total. The third kappa shape index (κ3) is 3.10. The van der Waals surface area contributed by atoms with Gasteiger partial charge in [-0.1, -0.05) is 48.5 Å². The van der Waals surface area contributed by atoms with Crippen LogP contribution in [0.5, 0.6) is 0 Å². The number of urea groups is 1. The van der Waals surface area contributed by atoms with E-state index in [2.05, 4.69) is 34.9 Å². The molecule has 2 N–H and O–H groups in total. The molecule has 0 saturated heterocycles. The molecule has 2 rings (SSSR count). The third-order valence-corrected chi connectivity index (χ3v) is 2.71. The SMILES string of the molecule is CNC(=O)NCc1cccc(-c2ccccc2)c1. The Kier molecular flexibility index (Phi) is 3.97. The van der Waals surface area contributed by atoms with Crippen LogP contribution >= 0.6 is 0 Å². The predicted molar refractivity (Wildman–Crippen MR) is 73.2 cm³/mol. The fraction of sp³-hybridized carbons (Fsp3) is 0.133. The zero-order valence-electron chi connectivity index (χ0n) is 10.3.